The Bertz CT molecular complexity index is 612. The molecule has 134 valence electrons. The van der Waals surface area contributed by atoms with Gasteiger partial charge >= 0.3 is 0 Å². The van der Waals surface area contributed by atoms with Gasteiger partial charge in [0, 0.05) is 31.7 Å². The summed E-state index contributed by atoms with van der Waals surface area (Å²) in [5.41, 5.74) is 2.59. The quantitative estimate of drug-likeness (QED) is 0.712. The van der Waals surface area contributed by atoms with E-state index in [1.807, 2.05) is 6.07 Å². The third-order valence-electron chi connectivity index (χ3n) is 4.49. The first-order valence-electron chi connectivity index (χ1n) is 9.17. The number of morpholine rings is 1. The first-order chi connectivity index (χ1) is 12.4. The molecule has 0 unspecified atom stereocenters. The van der Waals surface area contributed by atoms with Crippen LogP contribution in [0.1, 0.15) is 11.1 Å². The summed E-state index contributed by atoms with van der Waals surface area (Å²) in [6.45, 7) is 7.16. The molecule has 0 radical (unpaired) electrons. The second-order valence-corrected chi connectivity index (χ2v) is 6.32. The van der Waals surface area contributed by atoms with Crippen molar-refractivity contribution in [1.82, 2.24) is 10.2 Å². The molecule has 0 spiro atoms. The van der Waals surface area contributed by atoms with Crippen LogP contribution in [0.5, 0.6) is 5.75 Å². The highest BCUT2D eigenvalue weighted by Gasteiger charge is 2.10. The fourth-order valence-corrected chi connectivity index (χ4v) is 3.00. The van der Waals surface area contributed by atoms with Crippen LogP contribution in [-0.2, 0) is 17.7 Å². The van der Waals surface area contributed by atoms with Gasteiger partial charge in [-0.15, -0.1) is 0 Å². The molecule has 4 heteroatoms. The van der Waals surface area contributed by atoms with Gasteiger partial charge in [-0.2, -0.15) is 0 Å². The molecule has 1 fully saturated rings. The average molecular weight is 340 g/mol. The molecule has 4 nitrogen and oxygen atoms in total. The second kappa shape index (κ2) is 10.2. The van der Waals surface area contributed by atoms with E-state index < -0.39 is 0 Å². The largest absolute Gasteiger partial charge is 0.492 e. The summed E-state index contributed by atoms with van der Waals surface area (Å²) >= 11 is 0. The normalized spacial score (nSPS) is 15.2. The van der Waals surface area contributed by atoms with Crippen LogP contribution >= 0.6 is 0 Å². The van der Waals surface area contributed by atoms with Crippen LogP contribution in [-0.4, -0.2) is 50.9 Å². The number of hydrogen-bond donors (Lipinski definition) is 1. The predicted molar refractivity (Wildman–Crippen MR) is 101 cm³/mol. The van der Waals surface area contributed by atoms with Gasteiger partial charge in [-0.1, -0.05) is 48.5 Å². The summed E-state index contributed by atoms with van der Waals surface area (Å²) in [5, 5.41) is 3.52. The van der Waals surface area contributed by atoms with Crippen molar-refractivity contribution >= 4 is 0 Å². The summed E-state index contributed by atoms with van der Waals surface area (Å²) < 4.78 is 11.4. The zero-order valence-corrected chi connectivity index (χ0v) is 14.8. The van der Waals surface area contributed by atoms with Crippen LogP contribution in [0.4, 0.5) is 0 Å². The summed E-state index contributed by atoms with van der Waals surface area (Å²) in [7, 11) is 0. The van der Waals surface area contributed by atoms with Crippen molar-refractivity contribution < 1.29 is 9.47 Å². The van der Waals surface area contributed by atoms with Crippen molar-refractivity contribution in [3.63, 3.8) is 0 Å². The number of hydrogen-bond acceptors (Lipinski definition) is 4. The van der Waals surface area contributed by atoms with Crippen LogP contribution < -0.4 is 10.1 Å². The molecule has 1 heterocycles. The molecule has 1 aliphatic heterocycles. The monoisotopic (exact) mass is 340 g/mol. The Kier molecular flexibility index (Phi) is 7.31. The van der Waals surface area contributed by atoms with E-state index in [2.05, 4.69) is 58.7 Å². The Morgan fingerprint density at radius 2 is 1.72 bits per heavy atom. The molecular weight excluding hydrogens is 312 g/mol. The van der Waals surface area contributed by atoms with E-state index >= 15 is 0 Å². The van der Waals surface area contributed by atoms with Gasteiger partial charge in [0.25, 0.3) is 0 Å². The lowest BCUT2D eigenvalue weighted by Crippen LogP contribution is -2.38. The topological polar surface area (TPSA) is 33.7 Å². The Morgan fingerprint density at radius 3 is 2.56 bits per heavy atom. The zero-order chi connectivity index (χ0) is 17.2. The van der Waals surface area contributed by atoms with Gasteiger partial charge in [-0.3, -0.25) is 4.90 Å². The first-order valence-corrected chi connectivity index (χ1v) is 9.17. The maximum Gasteiger partial charge on any atom is 0.123 e. The minimum absolute atomic E-state index is 0.723. The smallest absolute Gasteiger partial charge is 0.123 e. The highest BCUT2D eigenvalue weighted by atomic mass is 16.5. The SMILES string of the molecule is c1ccc(CCNCc2ccccc2OCCN2CCOCC2)cc1. The summed E-state index contributed by atoms with van der Waals surface area (Å²) in [6, 6.07) is 18.9. The lowest BCUT2D eigenvalue weighted by atomic mass is 10.1. The van der Waals surface area contributed by atoms with E-state index in [1.54, 1.807) is 0 Å². The Hall–Kier alpha value is -1.88. The lowest BCUT2D eigenvalue weighted by Gasteiger charge is -2.26. The van der Waals surface area contributed by atoms with Crippen LogP contribution in [0, 0.1) is 0 Å². The van der Waals surface area contributed by atoms with E-state index in [0.717, 1.165) is 64.7 Å². The molecule has 0 amide bonds. The standard InChI is InChI=1S/C21H28N2O2/c1-2-6-19(7-3-1)10-11-22-18-20-8-4-5-9-21(20)25-17-14-23-12-15-24-16-13-23/h1-9,22H,10-18H2. The minimum atomic E-state index is 0.723. The number of nitrogens with zero attached hydrogens (tertiary/aromatic N) is 1. The fraction of sp³-hybridized carbons (Fsp3) is 0.429. The van der Waals surface area contributed by atoms with Crippen molar-refractivity contribution in [2.75, 3.05) is 46.0 Å². The maximum atomic E-state index is 6.03. The number of para-hydroxylation sites is 1. The molecule has 1 aliphatic rings. The number of nitrogens with one attached hydrogen (secondary N) is 1. The maximum absolute atomic E-state index is 6.03. The fourth-order valence-electron chi connectivity index (χ4n) is 3.00. The molecule has 3 rings (SSSR count). The number of benzene rings is 2. The highest BCUT2D eigenvalue weighted by molar-refractivity contribution is 5.33. The van der Waals surface area contributed by atoms with Gasteiger partial charge in [0.15, 0.2) is 0 Å². The lowest BCUT2D eigenvalue weighted by molar-refractivity contribution is 0.0322. The van der Waals surface area contributed by atoms with Gasteiger partial charge in [0.1, 0.15) is 12.4 Å². The average Bonchev–Trinajstić information content (AvgIpc) is 2.68. The summed E-state index contributed by atoms with van der Waals surface area (Å²) in [6.07, 6.45) is 1.04. The van der Waals surface area contributed by atoms with Gasteiger partial charge in [-0.25, -0.2) is 0 Å². The van der Waals surface area contributed by atoms with Crippen molar-refractivity contribution in [2.24, 2.45) is 0 Å². The Balaban J connectivity index is 1.40. The summed E-state index contributed by atoms with van der Waals surface area (Å²) in [5.74, 6) is 0.989. The minimum Gasteiger partial charge on any atom is -0.492 e. The van der Waals surface area contributed by atoms with Crippen LogP contribution in [0.2, 0.25) is 0 Å². The molecule has 0 saturated carbocycles. The zero-order valence-electron chi connectivity index (χ0n) is 14.8. The predicted octanol–water partition coefficient (Wildman–Crippen LogP) is 2.73. The molecule has 2 aromatic carbocycles. The van der Waals surface area contributed by atoms with Crippen LogP contribution in [0.3, 0.4) is 0 Å². The van der Waals surface area contributed by atoms with Crippen molar-refractivity contribution in [3.05, 3.63) is 65.7 Å². The third kappa shape index (κ3) is 6.16. The molecule has 2 aromatic rings. The second-order valence-electron chi connectivity index (χ2n) is 6.32. The van der Waals surface area contributed by atoms with Gasteiger partial charge in [-0.05, 0) is 24.6 Å². The van der Waals surface area contributed by atoms with E-state index in [0.29, 0.717) is 0 Å². The van der Waals surface area contributed by atoms with Crippen molar-refractivity contribution in [1.29, 1.82) is 0 Å². The molecule has 0 atom stereocenters. The van der Waals surface area contributed by atoms with E-state index in [-0.39, 0.29) is 0 Å². The third-order valence-corrected chi connectivity index (χ3v) is 4.49. The summed E-state index contributed by atoms with van der Waals surface area (Å²) in [4.78, 5) is 2.39. The molecule has 0 aliphatic carbocycles. The Morgan fingerprint density at radius 1 is 0.960 bits per heavy atom. The van der Waals surface area contributed by atoms with Crippen LogP contribution in [0.15, 0.2) is 54.6 Å². The van der Waals surface area contributed by atoms with E-state index in [4.69, 9.17) is 9.47 Å². The molecule has 0 bridgehead atoms. The first kappa shape index (κ1) is 17.9. The molecule has 25 heavy (non-hydrogen) atoms. The van der Waals surface area contributed by atoms with Crippen molar-refractivity contribution in [2.45, 2.75) is 13.0 Å². The molecular formula is C21H28N2O2. The van der Waals surface area contributed by atoms with Crippen molar-refractivity contribution in [3.8, 4) is 5.75 Å². The number of ether oxygens (including phenoxy) is 2. The highest BCUT2D eigenvalue weighted by Crippen LogP contribution is 2.17. The van der Waals surface area contributed by atoms with Crippen LogP contribution in [0.25, 0.3) is 0 Å². The van der Waals surface area contributed by atoms with E-state index in [9.17, 15) is 0 Å². The van der Waals surface area contributed by atoms with Gasteiger partial charge in [0.05, 0.1) is 13.2 Å². The molecule has 0 aromatic heterocycles. The van der Waals surface area contributed by atoms with Gasteiger partial charge < -0.3 is 14.8 Å². The Labute approximate surface area is 150 Å². The van der Waals surface area contributed by atoms with Gasteiger partial charge in [0.2, 0.25) is 0 Å². The molecule has 1 N–H and O–H groups in total. The number of rotatable bonds is 9. The molecule has 1 saturated heterocycles. The van der Waals surface area contributed by atoms with E-state index in [1.165, 1.54) is 11.1 Å².